The SMILES string of the molecule is CC1(C)c2ccccc2-c2ccc(N(c3cc(-c4ccccc4)cc(-c4ccccc4)c3)c3cccc(-c4c5cccc4-c4ccccc4-c4ccccc4-5)c3)cc21. The summed E-state index contributed by atoms with van der Waals surface area (Å²) in [4.78, 5) is 2.48. The summed E-state index contributed by atoms with van der Waals surface area (Å²) in [6.07, 6.45) is 0. The smallest absolute Gasteiger partial charge is 0.0473 e. The van der Waals surface area contributed by atoms with E-state index in [1.165, 1.54) is 89.0 Å². The van der Waals surface area contributed by atoms with Gasteiger partial charge in [0, 0.05) is 22.5 Å². The summed E-state index contributed by atoms with van der Waals surface area (Å²) in [5, 5.41) is 0. The van der Waals surface area contributed by atoms with Gasteiger partial charge in [-0.1, -0.05) is 184 Å². The largest absolute Gasteiger partial charge is 0.310 e. The van der Waals surface area contributed by atoms with E-state index >= 15 is 0 Å². The lowest BCUT2D eigenvalue weighted by Crippen LogP contribution is -2.16. The van der Waals surface area contributed by atoms with Crippen LogP contribution >= 0.6 is 0 Å². The van der Waals surface area contributed by atoms with Gasteiger partial charge < -0.3 is 4.90 Å². The van der Waals surface area contributed by atoms with Crippen LogP contribution < -0.4 is 4.90 Å². The highest BCUT2D eigenvalue weighted by atomic mass is 15.1. The molecular weight excluding hydrogens is 699 g/mol. The summed E-state index contributed by atoms with van der Waals surface area (Å²) in [6, 6.07) is 78.4. The second kappa shape index (κ2) is 13.5. The molecule has 2 bridgehead atoms. The Morgan fingerprint density at radius 3 is 1.31 bits per heavy atom. The molecule has 9 aromatic rings. The minimum absolute atomic E-state index is 0.138. The van der Waals surface area contributed by atoms with E-state index in [-0.39, 0.29) is 5.41 Å². The van der Waals surface area contributed by atoms with E-state index < -0.39 is 0 Å². The number of nitrogens with zero attached hydrogens (tertiary/aromatic N) is 1. The van der Waals surface area contributed by atoms with Gasteiger partial charge in [0.2, 0.25) is 0 Å². The fourth-order valence-electron chi connectivity index (χ4n) is 9.63. The predicted molar refractivity (Wildman–Crippen MR) is 245 cm³/mol. The third kappa shape index (κ3) is 5.46. The second-order valence-corrected chi connectivity index (χ2v) is 16.1. The maximum absolute atomic E-state index is 2.48. The van der Waals surface area contributed by atoms with Gasteiger partial charge in [0.15, 0.2) is 0 Å². The van der Waals surface area contributed by atoms with Gasteiger partial charge >= 0.3 is 0 Å². The molecule has 0 saturated carbocycles. The van der Waals surface area contributed by atoms with Crippen LogP contribution in [0.15, 0.2) is 212 Å². The molecule has 0 unspecified atom stereocenters. The monoisotopic (exact) mass is 739 g/mol. The molecule has 58 heavy (non-hydrogen) atoms. The summed E-state index contributed by atoms with van der Waals surface area (Å²) in [7, 11) is 0. The Bertz CT molecular complexity index is 2910. The van der Waals surface area contributed by atoms with E-state index in [2.05, 4.69) is 231 Å². The fraction of sp³-hybridized carbons (Fsp3) is 0.0526. The Morgan fingerprint density at radius 2 is 0.707 bits per heavy atom. The normalized spacial score (nSPS) is 12.8. The molecule has 0 aliphatic heterocycles. The molecule has 1 nitrogen and oxygen atoms in total. The van der Waals surface area contributed by atoms with Crippen molar-refractivity contribution >= 4 is 17.1 Å². The Hall–Kier alpha value is -7.22. The van der Waals surface area contributed by atoms with E-state index in [4.69, 9.17) is 0 Å². The zero-order valence-electron chi connectivity index (χ0n) is 32.7. The average molecular weight is 740 g/mol. The maximum Gasteiger partial charge on any atom is 0.0473 e. The highest BCUT2D eigenvalue weighted by Gasteiger charge is 2.36. The molecule has 2 aliphatic carbocycles. The lowest BCUT2D eigenvalue weighted by Gasteiger charge is -2.29. The molecule has 9 aromatic carbocycles. The van der Waals surface area contributed by atoms with Crippen molar-refractivity contribution in [1.29, 1.82) is 0 Å². The van der Waals surface area contributed by atoms with Crippen molar-refractivity contribution in [2.24, 2.45) is 0 Å². The van der Waals surface area contributed by atoms with Crippen LogP contribution in [-0.4, -0.2) is 0 Å². The minimum Gasteiger partial charge on any atom is -0.310 e. The quantitative estimate of drug-likeness (QED) is 0.164. The minimum atomic E-state index is -0.138. The van der Waals surface area contributed by atoms with Crippen LogP contribution in [0.25, 0.3) is 77.9 Å². The van der Waals surface area contributed by atoms with E-state index in [0.717, 1.165) is 17.1 Å². The Kier molecular flexibility index (Phi) is 7.91. The first-order chi connectivity index (χ1) is 28.5. The third-order valence-electron chi connectivity index (χ3n) is 12.4. The van der Waals surface area contributed by atoms with Crippen molar-refractivity contribution < 1.29 is 0 Å². The summed E-state index contributed by atoms with van der Waals surface area (Å²) in [5.41, 5.74) is 23.3. The van der Waals surface area contributed by atoms with E-state index in [1.54, 1.807) is 0 Å². The lowest BCUT2D eigenvalue weighted by molar-refractivity contribution is 0.660. The van der Waals surface area contributed by atoms with Gasteiger partial charge in [0.1, 0.15) is 0 Å². The number of hydrogen-bond acceptors (Lipinski definition) is 1. The highest BCUT2D eigenvalue weighted by Crippen LogP contribution is 2.53. The van der Waals surface area contributed by atoms with Gasteiger partial charge in [-0.25, -0.2) is 0 Å². The Labute approximate surface area is 341 Å². The molecule has 0 N–H and O–H groups in total. The third-order valence-corrected chi connectivity index (χ3v) is 12.4. The second-order valence-electron chi connectivity index (χ2n) is 16.1. The van der Waals surface area contributed by atoms with Crippen LogP contribution in [0, 0.1) is 0 Å². The van der Waals surface area contributed by atoms with Crippen LogP contribution in [0.2, 0.25) is 0 Å². The molecule has 11 rings (SSSR count). The molecule has 0 saturated heterocycles. The molecule has 274 valence electrons. The van der Waals surface area contributed by atoms with Crippen molar-refractivity contribution in [2.45, 2.75) is 19.3 Å². The summed E-state index contributed by atoms with van der Waals surface area (Å²) in [6.45, 7) is 4.73. The van der Waals surface area contributed by atoms with Crippen LogP contribution in [0.1, 0.15) is 25.0 Å². The number of anilines is 3. The number of fused-ring (bicyclic) bond motifs is 10. The molecule has 1 heteroatoms. The standard InChI is InChI=1S/C57H41N/c1-57(2)54-30-14-13-27-50(54)51-32-31-44(37-55(51)57)58(45-35-41(38-17-5-3-6-18-38)33-42(36-45)39-19-7-4-8-20-39)43-22-15-21-40(34-43)56-52-28-16-29-53(56)49-26-12-10-24-47(49)46-23-9-11-25-48(46)52/h3-37H,1-2H3. The highest BCUT2D eigenvalue weighted by molar-refractivity contribution is 6.06. The van der Waals surface area contributed by atoms with Crippen molar-refractivity contribution in [3.63, 3.8) is 0 Å². The number of benzene rings is 9. The van der Waals surface area contributed by atoms with Gasteiger partial charge in [-0.2, -0.15) is 0 Å². The Morgan fingerprint density at radius 1 is 0.276 bits per heavy atom. The first-order valence-electron chi connectivity index (χ1n) is 20.3. The van der Waals surface area contributed by atoms with Gasteiger partial charge in [0.05, 0.1) is 0 Å². The molecule has 0 heterocycles. The molecule has 0 spiro atoms. The van der Waals surface area contributed by atoms with E-state index in [9.17, 15) is 0 Å². The first kappa shape index (κ1) is 34.1. The van der Waals surface area contributed by atoms with Crippen molar-refractivity contribution in [1.82, 2.24) is 0 Å². The van der Waals surface area contributed by atoms with E-state index in [1.807, 2.05) is 0 Å². The zero-order valence-corrected chi connectivity index (χ0v) is 32.7. The lowest BCUT2D eigenvalue weighted by atomic mass is 9.82. The van der Waals surface area contributed by atoms with Gasteiger partial charge in [-0.3, -0.25) is 0 Å². The van der Waals surface area contributed by atoms with Crippen molar-refractivity contribution in [3.05, 3.63) is 223 Å². The molecule has 0 aromatic heterocycles. The van der Waals surface area contributed by atoms with Crippen LogP contribution in [-0.2, 0) is 5.41 Å². The summed E-state index contributed by atoms with van der Waals surface area (Å²) >= 11 is 0. The van der Waals surface area contributed by atoms with Crippen LogP contribution in [0.3, 0.4) is 0 Å². The molecular formula is C57H41N. The summed E-state index contributed by atoms with van der Waals surface area (Å²) in [5.74, 6) is 0. The number of rotatable bonds is 6. The first-order valence-corrected chi connectivity index (χ1v) is 20.3. The zero-order chi connectivity index (χ0) is 38.8. The van der Waals surface area contributed by atoms with E-state index in [0.29, 0.717) is 0 Å². The molecule has 2 aliphatic rings. The van der Waals surface area contributed by atoms with Gasteiger partial charge in [-0.05, 0) is 131 Å². The average Bonchev–Trinajstić information content (AvgIpc) is 3.48. The molecule has 0 atom stereocenters. The molecule has 0 amide bonds. The Balaban J connectivity index is 1.16. The van der Waals surface area contributed by atoms with Crippen molar-refractivity contribution in [3.8, 4) is 77.9 Å². The maximum atomic E-state index is 2.48. The summed E-state index contributed by atoms with van der Waals surface area (Å²) < 4.78 is 0. The topological polar surface area (TPSA) is 3.24 Å². The molecule has 0 fully saturated rings. The number of hydrogen-bond donors (Lipinski definition) is 0. The van der Waals surface area contributed by atoms with Crippen LogP contribution in [0.5, 0.6) is 0 Å². The predicted octanol–water partition coefficient (Wildman–Crippen LogP) is 15.8. The molecule has 0 radical (unpaired) electrons. The van der Waals surface area contributed by atoms with Gasteiger partial charge in [-0.15, -0.1) is 0 Å². The van der Waals surface area contributed by atoms with Crippen LogP contribution in [0.4, 0.5) is 17.1 Å². The van der Waals surface area contributed by atoms with Crippen molar-refractivity contribution in [2.75, 3.05) is 4.90 Å². The van der Waals surface area contributed by atoms with Gasteiger partial charge in [0.25, 0.3) is 0 Å². The fourth-order valence-corrected chi connectivity index (χ4v) is 9.63.